The van der Waals surface area contributed by atoms with Crippen molar-refractivity contribution in [1.29, 1.82) is 0 Å². The zero-order valence-corrected chi connectivity index (χ0v) is 17.8. The molecule has 158 valence electrons. The van der Waals surface area contributed by atoms with E-state index < -0.39 is 0 Å². The van der Waals surface area contributed by atoms with E-state index in [0.29, 0.717) is 34.7 Å². The zero-order valence-electron chi connectivity index (χ0n) is 17.0. The average molecular weight is 427 g/mol. The second-order valence-electron chi connectivity index (χ2n) is 9.17. The summed E-state index contributed by atoms with van der Waals surface area (Å²) in [4.78, 5) is 40.2. The van der Waals surface area contributed by atoms with Crippen LogP contribution in [0.25, 0.3) is 0 Å². The first-order valence-corrected chi connectivity index (χ1v) is 11.6. The number of halogens is 1. The Bertz CT molecular complexity index is 912. The number of allylic oxidation sites excluding steroid dienone is 1. The van der Waals surface area contributed by atoms with E-state index >= 15 is 0 Å². The molecule has 1 saturated heterocycles. The van der Waals surface area contributed by atoms with Gasteiger partial charge < -0.3 is 5.32 Å². The third kappa shape index (κ3) is 3.27. The second-order valence-corrected chi connectivity index (χ2v) is 9.58. The molecule has 3 amide bonds. The van der Waals surface area contributed by atoms with Crippen molar-refractivity contribution < 1.29 is 14.4 Å². The predicted molar refractivity (Wildman–Crippen MR) is 115 cm³/mol. The molecule has 1 aliphatic heterocycles. The molecule has 0 spiro atoms. The van der Waals surface area contributed by atoms with Crippen LogP contribution in [-0.2, 0) is 9.59 Å². The highest BCUT2D eigenvalue weighted by Gasteiger charge is 2.61. The topological polar surface area (TPSA) is 66.5 Å². The highest BCUT2D eigenvalue weighted by atomic mass is 35.5. The van der Waals surface area contributed by atoms with E-state index in [2.05, 4.69) is 11.4 Å². The Labute approximate surface area is 181 Å². The van der Waals surface area contributed by atoms with Crippen LogP contribution in [0.2, 0.25) is 5.02 Å². The highest BCUT2D eigenvalue weighted by Crippen LogP contribution is 2.56. The van der Waals surface area contributed by atoms with Crippen molar-refractivity contribution in [2.45, 2.75) is 51.4 Å². The number of carbonyl (C=O) groups excluding carboxylic acids is 3. The zero-order chi connectivity index (χ0) is 20.8. The molecule has 0 unspecified atom stereocenters. The van der Waals surface area contributed by atoms with E-state index in [1.165, 1.54) is 23.3 Å². The van der Waals surface area contributed by atoms with Crippen molar-refractivity contribution in [3.8, 4) is 0 Å². The van der Waals surface area contributed by atoms with Crippen LogP contribution >= 0.6 is 11.6 Å². The summed E-state index contributed by atoms with van der Waals surface area (Å²) in [6.45, 7) is 0.556. The Morgan fingerprint density at radius 2 is 1.83 bits per heavy atom. The van der Waals surface area contributed by atoms with Crippen LogP contribution in [0.5, 0.6) is 0 Å². The number of nitrogens with one attached hydrogen (secondary N) is 1. The number of fused-ring (bicyclic) bond motifs is 5. The summed E-state index contributed by atoms with van der Waals surface area (Å²) in [7, 11) is 0. The lowest BCUT2D eigenvalue weighted by Crippen LogP contribution is -2.33. The summed E-state index contributed by atoms with van der Waals surface area (Å²) >= 11 is 6.29. The predicted octanol–water partition coefficient (Wildman–Crippen LogP) is 4.50. The Morgan fingerprint density at radius 1 is 1.10 bits per heavy atom. The number of carbonyl (C=O) groups is 3. The Morgan fingerprint density at radius 3 is 2.50 bits per heavy atom. The molecule has 0 aromatic heterocycles. The lowest BCUT2D eigenvalue weighted by Gasteiger charge is -2.19. The van der Waals surface area contributed by atoms with Crippen molar-refractivity contribution in [2.75, 3.05) is 11.4 Å². The van der Waals surface area contributed by atoms with Gasteiger partial charge in [-0.15, -0.1) is 0 Å². The molecular formula is C24H27ClN2O3. The van der Waals surface area contributed by atoms with Gasteiger partial charge in [0.2, 0.25) is 11.8 Å². The molecule has 4 atom stereocenters. The maximum absolute atomic E-state index is 13.1. The number of hydrogen-bond donors (Lipinski definition) is 1. The summed E-state index contributed by atoms with van der Waals surface area (Å²) < 4.78 is 0. The summed E-state index contributed by atoms with van der Waals surface area (Å²) in [5.41, 5.74) is 2.17. The quantitative estimate of drug-likeness (QED) is 0.557. The van der Waals surface area contributed by atoms with Gasteiger partial charge in [-0.2, -0.15) is 0 Å². The smallest absolute Gasteiger partial charge is 0.252 e. The first-order valence-electron chi connectivity index (χ1n) is 11.2. The third-order valence-corrected chi connectivity index (χ3v) is 7.83. The lowest BCUT2D eigenvalue weighted by molar-refractivity contribution is -0.123. The fraction of sp³-hybridized carbons (Fsp3) is 0.542. The number of hydrogen-bond acceptors (Lipinski definition) is 3. The van der Waals surface area contributed by atoms with Crippen molar-refractivity contribution in [3.05, 3.63) is 40.4 Å². The van der Waals surface area contributed by atoms with E-state index in [-0.39, 0.29) is 29.6 Å². The monoisotopic (exact) mass is 426 g/mol. The molecule has 2 bridgehead atoms. The van der Waals surface area contributed by atoms with Gasteiger partial charge in [0.25, 0.3) is 5.91 Å². The van der Waals surface area contributed by atoms with E-state index in [1.807, 2.05) is 0 Å². The number of amides is 3. The Hall–Kier alpha value is -2.14. The number of imide groups is 1. The summed E-state index contributed by atoms with van der Waals surface area (Å²) in [6, 6.07) is 4.87. The fourth-order valence-electron chi connectivity index (χ4n) is 6.05. The average Bonchev–Trinajstić information content (AvgIpc) is 3.43. The molecule has 5 nitrogen and oxygen atoms in total. The molecular weight excluding hydrogens is 400 g/mol. The minimum absolute atomic E-state index is 0.102. The Kier molecular flexibility index (Phi) is 5.18. The van der Waals surface area contributed by atoms with Gasteiger partial charge in [0, 0.05) is 6.54 Å². The standard InChI is InChI=1S/C24H27ClN2O3/c25-19-9-8-17(13-18(19)22(28)26-11-10-14-4-2-1-3-5-14)27-23(29)20-15-6-7-16(12-15)21(20)24(27)30/h4,8-9,13,15-16,20-21H,1-3,5-7,10-12H2,(H,26,28)/t15-,16-,20-,21-/m0/s1. The van der Waals surface area contributed by atoms with E-state index in [1.54, 1.807) is 18.2 Å². The van der Waals surface area contributed by atoms with Crippen LogP contribution in [0.1, 0.15) is 61.7 Å². The molecule has 0 radical (unpaired) electrons. The lowest BCUT2D eigenvalue weighted by atomic mass is 9.81. The molecule has 5 rings (SSSR count). The molecule has 3 fully saturated rings. The minimum Gasteiger partial charge on any atom is -0.352 e. The number of rotatable bonds is 5. The first kappa shape index (κ1) is 19.8. The number of benzene rings is 1. The largest absolute Gasteiger partial charge is 0.352 e. The van der Waals surface area contributed by atoms with Gasteiger partial charge in [-0.1, -0.05) is 23.3 Å². The van der Waals surface area contributed by atoms with Gasteiger partial charge in [-0.25, -0.2) is 0 Å². The maximum atomic E-state index is 13.1. The number of nitrogens with zero attached hydrogens (tertiary/aromatic N) is 1. The van der Waals surface area contributed by atoms with E-state index in [4.69, 9.17) is 11.6 Å². The summed E-state index contributed by atoms with van der Waals surface area (Å²) in [6.07, 6.45) is 10.9. The Balaban J connectivity index is 1.31. The molecule has 1 aromatic rings. The molecule has 1 heterocycles. The van der Waals surface area contributed by atoms with Crippen LogP contribution in [-0.4, -0.2) is 24.3 Å². The van der Waals surface area contributed by atoms with Crippen LogP contribution < -0.4 is 10.2 Å². The van der Waals surface area contributed by atoms with Gasteiger partial charge >= 0.3 is 0 Å². The molecule has 3 aliphatic carbocycles. The minimum atomic E-state index is -0.266. The van der Waals surface area contributed by atoms with Gasteiger partial charge in [-0.05, 0) is 81.4 Å². The van der Waals surface area contributed by atoms with Crippen molar-refractivity contribution in [3.63, 3.8) is 0 Å². The van der Waals surface area contributed by atoms with Crippen molar-refractivity contribution in [1.82, 2.24) is 5.32 Å². The molecule has 1 N–H and O–H groups in total. The summed E-state index contributed by atoms with van der Waals surface area (Å²) in [5, 5.41) is 3.27. The molecule has 4 aliphatic rings. The van der Waals surface area contributed by atoms with Crippen molar-refractivity contribution in [2.24, 2.45) is 23.7 Å². The maximum Gasteiger partial charge on any atom is 0.252 e. The van der Waals surface area contributed by atoms with E-state index in [9.17, 15) is 14.4 Å². The van der Waals surface area contributed by atoms with E-state index in [0.717, 1.165) is 38.5 Å². The van der Waals surface area contributed by atoms with Crippen LogP contribution in [0.15, 0.2) is 29.8 Å². The van der Waals surface area contributed by atoms with Crippen LogP contribution in [0.4, 0.5) is 5.69 Å². The molecule has 1 aromatic carbocycles. The summed E-state index contributed by atoms with van der Waals surface area (Å²) in [5.74, 6) is -0.139. The molecule has 2 saturated carbocycles. The number of anilines is 1. The molecule has 30 heavy (non-hydrogen) atoms. The molecule has 6 heteroatoms. The third-order valence-electron chi connectivity index (χ3n) is 7.50. The first-order chi connectivity index (χ1) is 14.5. The van der Waals surface area contributed by atoms with Crippen LogP contribution in [0.3, 0.4) is 0 Å². The van der Waals surface area contributed by atoms with Gasteiger partial charge in [0.15, 0.2) is 0 Å². The normalized spacial score (nSPS) is 29.9. The van der Waals surface area contributed by atoms with Gasteiger partial charge in [-0.3, -0.25) is 19.3 Å². The van der Waals surface area contributed by atoms with Gasteiger partial charge in [0.05, 0.1) is 28.1 Å². The SMILES string of the molecule is O=C(NCCC1=CCCCC1)c1cc(N2C(=O)[C@H]3[C@H]4CC[C@@H](C4)[C@@H]3C2=O)ccc1Cl. The highest BCUT2D eigenvalue weighted by molar-refractivity contribution is 6.34. The van der Waals surface area contributed by atoms with Crippen molar-refractivity contribution >= 4 is 35.0 Å². The van der Waals surface area contributed by atoms with Gasteiger partial charge in [0.1, 0.15) is 0 Å². The second kappa shape index (κ2) is 7.84. The van der Waals surface area contributed by atoms with Crippen LogP contribution in [0, 0.1) is 23.7 Å². The fourth-order valence-corrected chi connectivity index (χ4v) is 6.26.